The third-order valence-corrected chi connectivity index (χ3v) is 6.60. The van der Waals surface area contributed by atoms with Crippen LogP contribution in [0.5, 0.6) is 5.75 Å². The molecule has 33 heavy (non-hydrogen) atoms. The second-order valence-electron chi connectivity index (χ2n) is 7.52. The van der Waals surface area contributed by atoms with E-state index in [9.17, 15) is 18.0 Å². The van der Waals surface area contributed by atoms with Crippen LogP contribution < -0.4 is 14.8 Å². The van der Waals surface area contributed by atoms with Gasteiger partial charge in [-0.05, 0) is 75.2 Å². The van der Waals surface area contributed by atoms with E-state index in [1.165, 1.54) is 12.1 Å². The predicted molar refractivity (Wildman–Crippen MR) is 124 cm³/mol. The molecule has 1 heterocycles. The van der Waals surface area contributed by atoms with E-state index in [1.807, 2.05) is 6.92 Å². The molecule has 0 unspecified atom stereocenters. The third-order valence-electron chi connectivity index (χ3n) is 5.20. The number of piperidine rings is 1. The van der Waals surface area contributed by atoms with Crippen molar-refractivity contribution in [2.24, 2.45) is 0 Å². The van der Waals surface area contributed by atoms with Gasteiger partial charge in [-0.15, -0.1) is 0 Å². The molecule has 2 amide bonds. The fraction of sp³-hybridized carbons (Fsp3) is 0.391. The number of nitrogens with zero attached hydrogens (tertiary/aromatic N) is 1. The Morgan fingerprint density at radius 1 is 0.970 bits per heavy atom. The fourth-order valence-corrected chi connectivity index (χ4v) is 4.53. The van der Waals surface area contributed by atoms with Crippen molar-refractivity contribution in [1.29, 1.82) is 0 Å². The molecule has 0 saturated carbocycles. The summed E-state index contributed by atoms with van der Waals surface area (Å²) in [5.74, 6) is 0.351. The molecule has 1 aliphatic heterocycles. The molecule has 1 saturated heterocycles. The number of rotatable bonds is 8. The number of likely N-dealkylation sites (tertiary alicyclic amines) is 1. The van der Waals surface area contributed by atoms with Crippen LogP contribution in [0.2, 0.25) is 0 Å². The molecule has 1 fully saturated rings. The number of benzene rings is 2. The summed E-state index contributed by atoms with van der Waals surface area (Å²) in [4.78, 5) is 26.1. The molecule has 10 heteroatoms. The summed E-state index contributed by atoms with van der Waals surface area (Å²) in [7, 11) is -3.77. The van der Waals surface area contributed by atoms with Gasteiger partial charge in [0.1, 0.15) is 5.75 Å². The number of hydrogen-bond donors (Lipinski definition) is 2. The number of amides is 2. The summed E-state index contributed by atoms with van der Waals surface area (Å²) in [6, 6.07) is 12.3. The van der Waals surface area contributed by atoms with E-state index in [4.69, 9.17) is 9.47 Å². The average Bonchev–Trinajstić information content (AvgIpc) is 2.80. The summed E-state index contributed by atoms with van der Waals surface area (Å²) in [6.07, 6.45) is 0.959. The standard InChI is InChI=1S/C23H29N3O6S/c1-3-31-20-9-11-21(12-10-20)33(29,30)25-19-7-5-17(6-8-19)22(27)24-18-13-15-26(16-14-18)23(28)32-4-2/h5-12,18,25H,3-4,13-16H2,1-2H3,(H,24,27). The van der Waals surface area contributed by atoms with E-state index in [-0.39, 0.29) is 22.9 Å². The Balaban J connectivity index is 1.54. The van der Waals surface area contributed by atoms with Crippen LogP contribution in [0.25, 0.3) is 0 Å². The zero-order chi connectivity index (χ0) is 23.8. The van der Waals surface area contributed by atoms with Crippen LogP contribution in [0.15, 0.2) is 53.4 Å². The molecule has 2 aromatic rings. The van der Waals surface area contributed by atoms with Gasteiger partial charge in [-0.2, -0.15) is 0 Å². The molecule has 0 aromatic heterocycles. The van der Waals surface area contributed by atoms with E-state index in [0.717, 1.165) is 0 Å². The van der Waals surface area contributed by atoms with Gasteiger partial charge >= 0.3 is 6.09 Å². The first kappa shape index (κ1) is 24.4. The highest BCUT2D eigenvalue weighted by Crippen LogP contribution is 2.20. The second-order valence-corrected chi connectivity index (χ2v) is 9.20. The van der Waals surface area contributed by atoms with Gasteiger partial charge < -0.3 is 19.7 Å². The number of carbonyl (C=O) groups is 2. The number of ether oxygens (including phenoxy) is 2. The molecular formula is C23H29N3O6S. The molecular weight excluding hydrogens is 446 g/mol. The van der Waals surface area contributed by atoms with Crippen molar-refractivity contribution < 1.29 is 27.5 Å². The van der Waals surface area contributed by atoms with E-state index >= 15 is 0 Å². The lowest BCUT2D eigenvalue weighted by Gasteiger charge is -2.31. The van der Waals surface area contributed by atoms with Gasteiger partial charge in [0.25, 0.3) is 15.9 Å². The van der Waals surface area contributed by atoms with Crippen LogP contribution in [0, 0.1) is 0 Å². The van der Waals surface area contributed by atoms with E-state index < -0.39 is 10.0 Å². The molecule has 178 valence electrons. The lowest BCUT2D eigenvalue weighted by atomic mass is 10.0. The first-order valence-corrected chi connectivity index (χ1v) is 12.4. The van der Waals surface area contributed by atoms with Crippen LogP contribution in [-0.4, -0.2) is 57.7 Å². The van der Waals surface area contributed by atoms with Gasteiger partial charge in [-0.25, -0.2) is 13.2 Å². The largest absolute Gasteiger partial charge is 0.494 e. The Hall–Kier alpha value is -3.27. The Morgan fingerprint density at radius 3 is 2.18 bits per heavy atom. The van der Waals surface area contributed by atoms with Crippen molar-refractivity contribution in [3.05, 3.63) is 54.1 Å². The minimum absolute atomic E-state index is 0.0407. The Labute approximate surface area is 194 Å². The molecule has 1 aliphatic rings. The Morgan fingerprint density at radius 2 is 1.61 bits per heavy atom. The molecule has 2 aromatic carbocycles. The fourth-order valence-electron chi connectivity index (χ4n) is 3.48. The van der Waals surface area contributed by atoms with Crippen LogP contribution in [0.4, 0.5) is 10.5 Å². The number of hydrogen-bond acceptors (Lipinski definition) is 6. The second kappa shape index (κ2) is 11.0. The summed E-state index contributed by atoms with van der Waals surface area (Å²) < 4.78 is 38.0. The number of sulfonamides is 1. The maximum absolute atomic E-state index is 12.6. The summed E-state index contributed by atoms with van der Waals surface area (Å²) in [6.45, 7) is 5.50. The zero-order valence-corrected chi connectivity index (χ0v) is 19.6. The highest BCUT2D eigenvalue weighted by Gasteiger charge is 2.25. The van der Waals surface area contributed by atoms with Gasteiger partial charge in [0.2, 0.25) is 0 Å². The van der Waals surface area contributed by atoms with Crippen molar-refractivity contribution >= 4 is 27.7 Å². The maximum Gasteiger partial charge on any atom is 0.409 e. The summed E-state index contributed by atoms with van der Waals surface area (Å²) in [5.41, 5.74) is 0.773. The normalized spacial score (nSPS) is 14.4. The topological polar surface area (TPSA) is 114 Å². The average molecular weight is 476 g/mol. The SMILES string of the molecule is CCOC(=O)N1CCC(NC(=O)c2ccc(NS(=O)(=O)c3ccc(OCC)cc3)cc2)CC1. The van der Waals surface area contributed by atoms with Gasteiger partial charge in [0.15, 0.2) is 0 Å². The number of nitrogens with one attached hydrogen (secondary N) is 2. The summed E-state index contributed by atoms with van der Waals surface area (Å²) in [5, 5.41) is 2.97. The monoisotopic (exact) mass is 475 g/mol. The predicted octanol–water partition coefficient (Wildman–Crippen LogP) is 3.24. The highest BCUT2D eigenvalue weighted by molar-refractivity contribution is 7.92. The van der Waals surface area contributed by atoms with Gasteiger partial charge in [0, 0.05) is 30.4 Å². The van der Waals surface area contributed by atoms with Crippen molar-refractivity contribution in [2.75, 3.05) is 31.0 Å². The third kappa shape index (κ3) is 6.61. The number of anilines is 1. The van der Waals surface area contributed by atoms with Gasteiger partial charge in [-0.3, -0.25) is 9.52 Å². The molecule has 0 spiro atoms. The molecule has 0 atom stereocenters. The lowest BCUT2D eigenvalue weighted by molar-refractivity contribution is 0.0860. The quantitative estimate of drug-likeness (QED) is 0.606. The van der Waals surface area contributed by atoms with E-state index in [1.54, 1.807) is 48.2 Å². The minimum atomic E-state index is -3.77. The molecule has 0 radical (unpaired) electrons. The molecule has 0 aliphatic carbocycles. The van der Waals surface area contributed by atoms with Crippen LogP contribution in [-0.2, 0) is 14.8 Å². The van der Waals surface area contributed by atoms with E-state index in [2.05, 4.69) is 10.0 Å². The van der Waals surface area contributed by atoms with Crippen molar-refractivity contribution in [2.45, 2.75) is 37.6 Å². The minimum Gasteiger partial charge on any atom is -0.494 e. The summed E-state index contributed by atoms with van der Waals surface area (Å²) >= 11 is 0. The molecule has 9 nitrogen and oxygen atoms in total. The van der Waals surface area contributed by atoms with Crippen molar-refractivity contribution in [3.63, 3.8) is 0 Å². The van der Waals surface area contributed by atoms with Crippen molar-refractivity contribution in [1.82, 2.24) is 10.2 Å². The first-order chi connectivity index (χ1) is 15.8. The smallest absolute Gasteiger partial charge is 0.409 e. The highest BCUT2D eigenvalue weighted by atomic mass is 32.2. The van der Waals surface area contributed by atoms with E-state index in [0.29, 0.717) is 56.1 Å². The maximum atomic E-state index is 12.6. The van der Waals surface area contributed by atoms with Crippen LogP contribution in [0.3, 0.4) is 0 Å². The molecule has 0 bridgehead atoms. The van der Waals surface area contributed by atoms with Crippen LogP contribution in [0.1, 0.15) is 37.0 Å². The molecule has 3 rings (SSSR count). The van der Waals surface area contributed by atoms with Gasteiger partial charge in [0.05, 0.1) is 18.1 Å². The van der Waals surface area contributed by atoms with Crippen molar-refractivity contribution in [3.8, 4) is 5.75 Å². The van der Waals surface area contributed by atoms with Crippen LogP contribution >= 0.6 is 0 Å². The zero-order valence-electron chi connectivity index (χ0n) is 18.7. The Kier molecular flexibility index (Phi) is 8.16. The first-order valence-electron chi connectivity index (χ1n) is 10.9. The molecule has 2 N–H and O–H groups in total. The Bertz CT molecular complexity index is 1050. The lowest BCUT2D eigenvalue weighted by Crippen LogP contribution is -2.46. The van der Waals surface area contributed by atoms with Gasteiger partial charge in [-0.1, -0.05) is 0 Å². The number of carbonyl (C=O) groups excluding carboxylic acids is 2.